The molecule has 0 saturated heterocycles. The number of nitrogens with zero attached hydrogens (tertiary/aromatic N) is 3. The Labute approximate surface area is 151 Å². The SMILES string of the molecule is NC(=O)C(=O)C(Cc1ccco1)NC(=O)c1nsnc1-c1cccnc1. The molecule has 3 rings (SSSR count). The summed E-state index contributed by atoms with van der Waals surface area (Å²) >= 11 is 0.853. The second-order valence-corrected chi connectivity index (χ2v) is 5.77. The Balaban J connectivity index is 1.83. The van der Waals surface area contributed by atoms with E-state index < -0.39 is 23.6 Å². The molecule has 0 bridgehead atoms. The molecule has 1 atom stereocenters. The highest BCUT2D eigenvalue weighted by Crippen LogP contribution is 2.20. The zero-order chi connectivity index (χ0) is 18.5. The van der Waals surface area contributed by atoms with Gasteiger partial charge in [0.1, 0.15) is 17.5 Å². The lowest BCUT2D eigenvalue weighted by Gasteiger charge is -2.14. The molecule has 0 saturated carbocycles. The van der Waals surface area contributed by atoms with Gasteiger partial charge in [0.2, 0.25) is 5.78 Å². The molecule has 2 amide bonds. The molecule has 1 unspecified atom stereocenters. The molecule has 10 heteroatoms. The number of nitrogens with one attached hydrogen (secondary N) is 1. The zero-order valence-electron chi connectivity index (χ0n) is 13.3. The fourth-order valence-corrected chi connectivity index (χ4v) is 2.83. The molecule has 3 aromatic heterocycles. The predicted molar refractivity (Wildman–Crippen MR) is 91.0 cm³/mol. The standard InChI is InChI=1S/C16H13N5O4S/c17-15(23)14(22)11(7-10-4-2-6-25-10)19-16(24)13-12(20-26-21-13)9-3-1-5-18-8-9/h1-6,8,11H,7H2,(H2,17,23)(H,19,24). The van der Waals surface area contributed by atoms with Crippen molar-refractivity contribution in [3.63, 3.8) is 0 Å². The number of nitrogens with two attached hydrogens (primary N) is 1. The highest BCUT2D eigenvalue weighted by Gasteiger charge is 2.29. The third kappa shape index (κ3) is 3.81. The van der Waals surface area contributed by atoms with Crippen LogP contribution in [-0.4, -0.2) is 37.4 Å². The van der Waals surface area contributed by atoms with Gasteiger partial charge in [0.15, 0.2) is 5.69 Å². The van der Waals surface area contributed by atoms with Crippen molar-refractivity contribution in [2.45, 2.75) is 12.5 Å². The number of carbonyl (C=O) groups is 3. The number of amides is 2. The number of rotatable bonds is 7. The number of pyridine rings is 1. The van der Waals surface area contributed by atoms with E-state index in [9.17, 15) is 14.4 Å². The summed E-state index contributed by atoms with van der Waals surface area (Å²) in [6, 6.07) is 5.52. The molecule has 0 aliphatic rings. The lowest BCUT2D eigenvalue weighted by molar-refractivity contribution is -0.137. The minimum atomic E-state index is -1.17. The summed E-state index contributed by atoms with van der Waals surface area (Å²) < 4.78 is 13.3. The number of carbonyl (C=O) groups excluding carboxylic acids is 3. The van der Waals surface area contributed by atoms with Crippen molar-refractivity contribution >= 4 is 29.3 Å². The van der Waals surface area contributed by atoms with E-state index in [2.05, 4.69) is 19.0 Å². The molecule has 0 radical (unpaired) electrons. The summed E-state index contributed by atoms with van der Waals surface area (Å²) in [5, 5.41) is 2.48. The van der Waals surface area contributed by atoms with Crippen LogP contribution in [0.25, 0.3) is 11.3 Å². The van der Waals surface area contributed by atoms with Gasteiger partial charge < -0.3 is 15.5 Å². The highest BCUT2D eigenvalue weighted by molar-refractivity contribution is 6.99. The fourth-order valence-electron chi connectivity index (χ4n) is 2.27. The summed E-state index contributed by atoms with van der Waals surface area (Å²) in [6.45, 7) is 0. The lowest BCUT2D eigenvalue weighted by atomic mass is 10.1. The van der Waals surface area contributed by atoms with Crippen LogP contribution >= 0.6 is 11.7 Å². The van der Waals surface area contributed by atoms with Gasteiger partial charge in [-0.25, -0.2) is 0 Å². The summed E-state index contributed by atoms with van der Waals surface area (Å²) in [5.74, 6) is -2.30. The summed E-state index contributed by atoms with van der Waals surface area (Å²) in [4.78, 5) is 39.9. The van der Waals surface area contributed by atoms with Crippen LogP contribution in [0.4, 0.5) is 0 Å². The molecule has 132 valence electrons. The number of Topliss-reactive ketones (excluding diaryl/α,β-unsaturated/α-hetero) is 1. The van der Waals surface area contributed by atoms with E-state index in [1.807, 2.05) is 0 Å². The molecule has 9 nitrogen and oxygen atoms in total. The quantitative estimate of drug-likeness (QED) is 0.579. The molecule has 0 aliphatic heterocycles. The largest absolute Gasteiger partial charge is 0.469 e. The third-order valence-electron chi connectivity index (χ3n) is 3.49. The topological polar surface area (TPSA) is 141 Å². The van der Waals surface area contributed by atoms with Crippen molar-refractivity contribution in [2.75, 3.05) is 0 Å². The minimum Gasteiger partial charge on any atom is -0.469 e. The molecular weight excluding hydrogens is 358 g/mol. The van der Waals surface area contributed by atoms with E-state index in [0.29, 0.717) is 17.0 Å². The van der Waals surface area contributed by atoms with E-state index >= 15 is 0 Å². The van der Waals surface area contributed by atoms with Crippen molar-refractivity contribution in [1.29, 1.82) is 0 Å². The van der Waals surface area contributed by atoms with E-state index in [0.717, 1.165) is 11.7 Å². The molecule has 3 heterocycles. The Kier molecular flexibility index (Phi) is 5.13. The van der Waals surface area contributed by atoms with Gasteiger partial charge in [-0.05, 0) is 24.3 Å². The Morgan fingerprint density at radius 3 is 2.73 bits per heavy atom. The first kappa shape index (κ1) is 17.4. The first-order chi connectivity index (χ1) is 12.6. The highest BCUT2D eigenvalue weighted by atomic mass is 32.1. The van der Waals surface area contributed by atoms with Crippen molar-refractivity contribution in [2.24, 2.45) is 5.73 Å². The Bertz CT molecular complexity index is 923. The molecular formula is C16H13N5O4S. The molecule has 0 aromatic carbocycles. The number of primary amides is 1. The maximum Gasteiger partial charge on any atom is 0.287 e. The molecule has 3 N–H and O–H groups in total. The second-order valence-electron chi connectivity index (χ2n) is 5.24. The number of hydrogen-bond acceptors (Lipinski definition) is 8. The van der Waals surface area contributed by atoms with Gasteiger partial charge in [0, 0.05) is 24.4 Å². The maximum atomic E-state index is 12.6. The first-order valence-electron chi connectivity index (χ1n) is 7.46. The Hall–Kier alpha value is -3.40. The van der Waals surface area contributed by atoms with Crippen LogP contribution in [0.15, 0.2) is 47.3 Å². The van der Waals surface area contributed by atoms with E-state index in [-0.39, 0.29) is 12.1 Å². The molecule has 0 aliphatic carbocycles. The van der Waals surface area contributed by atoms with Crippen molar-refractivity contribution in [1.82, 2.24) is 19.0 Å². The summed E-state index contributed by atoms with van der Waals surface area (Å²) in [7, 11) is 0. The van der Waals surface area contributed by atoms with Crippen molar-refractivity contribution in [3.8, 4) is 11.3 Å². The van der Waals surface area contributed by atoms with E-state index in [1.54, 1.807) is 36.7 Å². The first-order valence-corrected chi connectivity index (χ1v) is 8.19. The maximum absolute atomic E-state index is 12.6. The van der Waals surface area contributed by atoms with Gasteiger partial charge >= 0.3 is 0 Å². The van der Waals surface area contributed by atoms with Crippen LogP contribution in [0.3, 0.4) is 0 Å². The van der Waals surface area contributed by atoms with Gasteiger partial charge in [0.25, 0.3) is 11.8 Å². The Morgan fingerprint density at radius 1 is 1.23 bits per heavy atom. The minimum absolute atomic E-state index is 0.0136. The fraction of sp³-hybridized carbons (Fsp3) is 0.125. The number of hydrogen-bond donors (Lipinski definition) is 2. The van der Waals surface area contributed by atoms with Gasteiger partial charge in [-0.2, -0.15) is 8.75 Å². The summed E-state index contributed by atoms with van der Waals surface area (Å²) in [6.07, 6.45) is 4.55. The Morgan fingerprint density at radius 2 is 2.08 bits per heavy atom. The predicted octanol–water partition coefficient (Wildman–Crippen LogP) is 0.589. The van der Waals surface area contributed by atoms with Crippen molar-refractivity contribution < 1.29 is 18.8 Å². The molecule has 0 fully saturated rings. The lowest BCUT2D eigenvalue weighted by Crippen LogP contribution is -2.47. The van der Waals surface area contributed by atoms with E-state index in [1.165, 1.54) is 6.26 Å². The number of ketones is 1. The van der Waals surface area contributed by atoms with Crippen LogP contribution in [0.1, 0.15) is 16.2 Å². The van der Waals surface area contributed by atoms with Gasteiger partial charge in [-0.3, -0.25) is 19.4 Å². The molecule has 0 spiro atoms. The normalized spacial score (nSPS) is 11.7. The second kappa shape index (κ2) is 7.66. The van der Waals surface area contributed by atoms with Crippen LogP contribution < -0.4 is 11.1 Å². The number of furan rings is 1. The summed E-state index contributed by atoms with van der Waals surface area (Å²) in [5.41, 5.74) is 6.05. The van der Waals surface area contributed by atoms with Gasteiger partial charge in [-0.1, -0.05) is 0 Å². The van der Waals surface area contributed by atoms with Crippen LogP contribution in [0.2, 0.25) is 0 Å². The number of aromatic nitrogens is 3. The molecule has 26 heavy (non-hydrogen) atoms. The van der Waals surface area contributed by atoms with Crippen molar-refractivity contribution in [3.05, 3.63) is 54.4 Å². The smallest absolute Gasteiger partial charge is 0.287 e. The monoisotopic (exact) mass is 371 g/mol. The van der Waals surface area contributed by atoms with Gasteiger partial charge in [-0.15, -0.1) is 0 Å². The average molecular weight is 371 g/mol. The molecule has 3 aromatic rings. The van der Waals surface area contributed by atoms with E-state index in [4.69, 9.17) is 10.2 Å². The van der Waals surface area contributed by atoms with Crippen LogP contribution in [-0.2, 0) is 16.0 Å². The van der Waals surface area contributed by atoms with Crippen LogP contribution in [0.5, 0.6) is 0 Å². The average Bonchev–Trinajstić information content (AvgIpc) is 3.32. The third-order valence-corrected chi connectivity index (χ3v) is 4.02. The van der Waals surface area contributed by atoms with Crippen LogP contribution in [0, 0.1) is 0 Å². The van der Waals surface area contributed by atoms with Gasteiger partial charge in [0.05, 0.1) is 18.0 Å². The zero-order valence-corrected chi connectivity index (χ0v) is 14.1.